The quantitative estimate of drug-likeness (QED) is 0.846. The minimum Gasteiger partial charge on any atom is -0.497 e. The molecule has 1 aliphatic heterocycles. The second-order valence-electron chi connectivity index (χ2n) is 7.65. The first-order valence-electron chi connectivity index (χ1n) is 9.66. The molecule has 1 aliphatic carbocycles. The lowest BCUT2D eigenvalue weighted by Crippen LogP contribution is -2.47. The van der Waals surface area contributed by atoms with Gasteiger partial charge < -0.3 is 14.5 Å². The molecule has 4 rings (SSSR count). The molecule has 2 heterocycles. The molecule has 2 aliphatic rings. The number of rotatable bonds is 4. The number of likely N-dealkylation sites (N-methyl/N-ethyl adjacent to an activating group) is 1. The van der Waals surface area contributed by atoms with Gasteiger partial charge in [0, 0.05) is 23.1 Å². The van der Waals surface area contributed by atoms with Crippen molar-refractivity contribution in [2.75, 3.05) is 27.3 Å². The second kappa shape index (κ2) is 6.62. The van der Waals surface area contributed by atoms with Crippen LogP contribution in [0.3, 0.4) is 0 Å². The van der Waals surface area contributed by atoms with Crippen LogP contribution in [0.5, 0.6) is 5.75 Å². The molecule has 1 fully saturated rings. The first-order chi connectivity index (χ1) is 12.6. The van der Waals surface area contributed by atoms with Gasteiger partial charge in [0.2, 0.25) is 0 Å². The number of carbonyl (C=O) groups is 1. The molecule has 0 bridgehead atoms. The second-order valence-corrected chi connectivity index (χ2v) is 7.65. The summed E-state index contributed by atoms with van der Waals surface area (Å²) in [6.07, 6.45) is 4.96. The fourth-order valence-corrected chi connectivity index (χ4v) is 5.08. The predicted octanol–water partition coefficient (Wildman–Crippen LogP) is 3.83. The lowest BCUT2D eigenvalue weighted by Gasteiger charge is -2.43. The van der Waals surface area contributed by atoms with Crippen molar-refractivity contribution in [3.05, 3.63) is 29.5 Å². The van der Waals surface area contributed by atoms with Gasteiger partial charge in [-0.3, -0.25) is 9.69 Å². The van der Waals surface area contributed by atoms with Crippen molar-refractivity contribution in [2.24, 2.45) is 5.41 Å². The Labute approximate surface area is 154 Å². The zero-order chi connectivity index (χ0) is 18.3. The number of fused-ring (bicyclic) bond motifs is 3. The van der Waals surface area contributed by atoms with E-state index >= 15 is 0 Å². The van der Waals surface area contributed by atoms with Gasteiger partial charge in [-0.05, 0) is 57.0 Å². The molecule has 5 heteroatoms. The molecule has 5 nitrogen and oxygen atoms in total. The summed E-state index contributed by atoms with van der Waals surface area (Å²) >= 11 is 0. The standard InChI is InChI=1S/C21H28N2O3/c1-4-26-20(24)21(10-5-6-11-21)19-18-15(9-12-23(19)2)16-13-14(25-3)7-8-17(16)22-18/h7-8,13,19,22H,4-6,9-12H2,1-3H3. The number of benzene rings is 1. The SMILES string of the molecule is CCOC(=O)C1(C2c3[nH]c4ccc(OC)cc4c3CCN2C)CCCC1. The average Bonchev–Trinajstić information content (AvgIpc) is 3.26. The molecule has 1 aromatic heterocycles. The molecular weight excluding hydrogens is 328 g/mol. The van der Waals surface area contributed by atoms with Crippen LogP contribution in [0.2, 0.25) is 0 Å². The van der Waals surface area contributed by atoms with Gasteiger partial charge in [0.25, 0.3) is 0 Å². The van der Waals surface area contributed by atoms with Gasteiger partial charge in [-0.1, -0.05) is 12.8 Å². The minimum absolute atomic E-state index is 0.0292. The number of methoxy groups -OCH3 is 1. The van der Waals surface area contributed by atoms with E-state index in [1.807, 2.05) is 13.0 Å². The van der Waals surface area contributed by atoms with Crippen LogP contribution in [0.4, 0.5) is 0 Å². The number of hydrogen-bond acceptors (Lipinski definition) is 4. The van der Waals surface area contributed by atoms with Crippen LogP contribution < -0.4 is 4.74 Å². The van der Waals surface area contributed by atoms with Crippen molar-refractivity contribution in [3.8, 4) is 5.75 Å². The van der Waals surface area contributed by atoms with Crippen molar-refractivity contribution in [1.82, 2.24) is 9.88 Å². The number of aromatic nitrogens is 1. The van der Waals surface area contributed by atoms with Gasteiger partial charge >= 0.3 is 5.97 Å². The van der Waals surface area contributed by atoms with Crippen LogP contribution in [0.1, 0.15) is 49.9 Å². The molecule has 2 aromatic rings. The Morgan fingerprint density at radius 2 is 2.12 bits per heavy atom. The summed E-state index contributed by atoms with van der Waals surface area (Å²) in [6.45, 7) is 3.28. The maximum absolute atomic E-state index is 13.1. The zero-order valence-corrected chi connectivity index (χ0v) is 15.9. The summed E-state index contributed by atoms with van der Waals surface area (Å²) in [6, 6.07) is 6.22. The van der Waals surface area contributed by atoms with Gasteiger partial charge in [0.15, 0.2) is 0 Å². The van der Waals surface area contributed by atoms with Crippen molar-refractivity contribution < 1.29 is 14.3 Å². The van der Waals surface area contributed by atoms with Crippen LogP contribution in [0, 0.1) is 5.41 Å². The van der Waals surface area contributed by atoms with Crippen LogP contribution >= 0.6 is 0 Å². The Balaban J connectivity index is 1.86. The molecule has 26 heavy (non-hydrogen) atoms. The summed E-state index contributed by atoms with van der Waals surface area (Å²) in [4.78, 5) is 19.0. The number of ether oxygens (including phenoxy) is 2. The van der Waals surface area contributed by atoms with Crippen molar-refractivity contribution in [1.29, 1.82) is 0 Å². The summed E-state index contributed by atoms with van der Waals surface area (Å²) in [5.74, 6) is 0.842. The van der Waals surface area contributed by atoms with Crippen LogP contribution in [-0.2, 0) is 16.0 Å². The fourth-order valence-electron chi connectivity index (χ4n) is 5.08. The maximum atomic E-state index is 13.1. The summed E-state index contributed by atoms with van der Waals surface area (Å²) in [7, 11) is 3.84. The number of H-pyrrole nitrogens is 1. The van der Waals surface area contributed by atoms with E-state index in [-0.39, 0.29) is 12.0 Å². The van der Waals surface area contributed by atoms with Gasteiger partial charge in [0.1, 0.15) is 5.75 Å². The molecule has 0 saturated heterocycles. The summed E-state index contributed by atoms with van der Waals surface area (Å²) < 4.78 is 11.0. The van der Waals surface area contributed by atoms with E-state index in [1.165, 1.54) is 16.6 Å². The Kier molecular flexibility index (Phi) is 4.43. The van der Waals surface area contributed by atoms with Crippen LogP contribution in [0.25, 0.3) is 10.9 Å². The third-order valence-corrected chi connectivity index (χ3v) is 6.28. The summed E-state index contributed by atoms with van der Waals surface area (Å²) in [5.41, 5.74) is 3.20. The monoisotopic (exact) mass is 356 g/mol. The molecule has 1 saturated carbocycles. The highest BCUT2D eigenvalue weighted by Gasteiger charge is 2.53. The molecule has 1 N–H and O–H groups in total. The third kappa shape index (κ3) is 2.52. The highest BCUT2D eigenvalue weighted by molar-refractivity contribution is 5.87. The molecule has 1 atom stereocenters. The maximum Gasteiger partial charge on any atom is 0.314 e. The normalized spacial score (nSPS) is 22.3. The van der Waals surface area contributed by atoms with Crippen LogP contribution in [0.15, 0.2) is 18.2 Å². The van der Waals surface area contributed by atoms with Gasteiger partial charge in [-0.15, -0.1) is 0 Å². The Bertz CT molecular complexity index is 820. The molecule has 0 radical (unpaired) electrons. The highest BCUT2D eigenvalue weighted by atomic mass is 16.5. The Morgan fingerprint density at radius 1 is 1.35 bits per heavy atom. The number of nitrogens with one attached hydrogen (secondary N) is 1. The number of aromatic amines is 1. The van der Waals surface area contributed by atoms with E-state index < -0.39 is 5.41 Å². The first-order valence-corrected chi connectivity index (χ1v) is 9.66. The van der Waals surface area contributed by atoms with E-state index in [9.17, 15) is 4.79 Å². The molecule has 1 unspecified atom stereocenters. The molecular formula is C21H28N2O3. The van der Waals surface area contributed by atoms with E-state index in [0.29, 0.717) is 6.61 Å². The van der Waals surface area contributed by atoms with Crippen molar-refractivity contribution in [3.63, 3.8) is 0 Å². The molecule has 1 aromatic carbocycles. The lowest BCUT2D eigenvalue weighted by atomic mass is 9.74. The zero-order valence-electron chi connectivity index (χ0n) is 15.9. The Morgan fingerprint density at radius 3 is 2.81 bits per heavy atom. The minimum atomic E-state index is -0.440. The van der Waals surface area contributed by atoms with E-state index in [1.54, 1.807) is 7.11 Å². The number of hydrogen-bond donors (Lipinski definition) is 1. The Hall–Kier alpha value is -2.01. The van der Waals surface area contributed by atoms with Crippen molar-refractivity contribution >= 4 is 16.9 Å². The first kappa shape index (κ1) is 17.4. The number of carbonyl (C=O) groups excluding carboxylic acids is 1. The fraction of sp³-hybridized carbons (Fsp3) is 0.571. The van der Waals surface area contributed by atoms with Crippen LogP contribution in [-0.4, -0.2) is 43.2 Å². The number of esters is 1. The van der Waals surface area contributed by atoms with Gasteiger partial charge in [0.05, 0.1) is 25.2 Å². The summed E-state index contributed by atoms with van der Waals surface area (Å²) in [5, 5.41) is 1.22. The largest absolute Gasteiger partial charge is 0.497 e. The topological polar surface area (TPSA) is 54.6 Å². The third-order valence-electron chi connectivity index (χ3n) is 6.28. The van der Waals surface area contributed by atoms with E-state index in [0.717, 1.165) is 49.9 Å². The smallest absolute Gasteiger partial charge is 0.314 e. The predicted molar refractivity (Wildman–Crippen MR) is 101 cm³/mol. The van der Waals surface area contributed by atoms with Gasteiger partial charge in [-0.25, -0.2) is 0 Å². The molecule has 0 spiro atoms. The number of nitrogens with zero attached hydrogens (tertiary/aromatic N) is 1. The van der Waals surface area contributed by atoms with E-state index in [4.69, 9.17) is 9.47 Å². The molecule has 0 amide bonds. The van der Waals surface area contributed by atoms with Gasteiger partial charge in [-0.2, -0.15) is 0 Å². The van der Waals surface area contributed by atoms with E-state index in [2.05, 4.69) is 29.1 Å². The highest BCUT2D eigenvalue weighted by Crippen LogP contribution is 2.53. The average molecular weight is 356 g/mol. The molecule has 140 valence electrons. The van der Waals surface area contributed by atoms with Crippen molar-refractivity contribution in [2.45, 2.75) is 45.1 Å². The lowest BCUT2D eigenvalue weighted by molar-refractivity contribution is -0.160.